The van der Waals surface area contributed by atoms with Gasteiger partial charge >= 0.3 is 0 Å². The van der Waals surface area contributed by atoms with Crippen molar-refractivity contribution in [2.45, 2.75) is 53.0 Å². The molecule has 1 aliphatic heterocycles. The Morgan fingerprint density at radius 3 is 2.30 bits per heavy atom. The van der Waals surface area contributed by atoms with Crippen molar-refractivity contribution in [3.63, 3.8) is 0 Å². The van der Waals surface area contributed by atoms with Gasteiger partial charge in [-0.3, -0.25) is 0 Å². The molecule has 1 aliphatic rings. The Morgan fingerprint density at radius 2 is 1.75 bits per heavy atom. The highest BCUT2D eigenvalue weighted by Crippen LogP contribution is 2.35. The summed E-state index contributed by atoms with van der Waals surface area (Å²) in [5.41, 5.74) is 4.76. The molecular weight excluding hydrogens is 246 g/mol. The predicted octanol–water partition coefficient (Wildman–Crippen LogP) is 3.64. The molecule has 1 aromatic carbocycles. The largest absolute Gasteiger partial charge is 0.381 e. The normalized spacial score (nSPS) is 18.4. The molecule has 1 aromatic rings. The minimum atomic E-state index is 0.361. The molecule has 0 bridgehead atoms. The Balaban J connectivity index is 2.18. The summed E-state index contributed by atoms with van der Waals surface area (Å²) in [6, 6.07) is 7.20. The highest BCUT2D eigenvalue weighted by molar-refractivity contribution is 5.34. The first-order valence-corrected chi connectivity index (χ1v) is 7.89. The number of nitrogens with one attached hydrogen (secondary N) is 1. The van der Waals surface area contributed by atoms with Gasteiger partial charge in [-0.1, -0.05) is 32.0 Å². The monoisotopic (exact) mass is 275 g/mol. The maximum atomic E-state index is 5.60. The van der Waals surface area contributed by atoms with Crippen LogP contribution in [-0.2, 0) is 11.2 Å². The molecule has 2 rings (SSSR count). The summed E-state index contributed by atoms with van der Waals surface area (Å²) in [6.45, 7) is 11.9. The summed E-state index contributed by atoms with van der Waals surface area (Å²) in [5, 5.41) is 3.66. The number of ether oxygens (including phenoxy) is 1. The molecule has 2 nitrogen and oxygen atoms in total. The van der Waals surface area contributed by atoms with Crippen molar-refractivity contribution < 1.29 is 4.74 Å². The van der Waals surface area contributed by atoms with Gasteiger partial charge in [-0.15, -0.1) is 0 Å². The van der Waals surface area contributed by atoms with Gasteiger partial charge in [0.15, 0.2) is 0 Å². The number of rotatable bonds is 5. The van der Waals surface area contributed by atoms with Gasteiger partial charge in [0.05, 0.1) is 0 Å². The lowest BCUT2D eigenvalue weighted by molar-refractivity contribution is 0.0139. The van der Waals surface area contributed by atoms with E-state index in [1.165, 1.54) is 30.4 Å². The average molecular weight is 275 g/mol. The molecular formula is C18H29NO. The van der Waals surface area contributed by atoms with Gasteiger partial charge in [-0.2, -0.15) is 0 Å². The Morgan fingerprint density at radius 1 is 1.15 bits per heavy atom. The first-order valence-electron chi connectivity index (χ1n) is 7.89. The Bertz CT molecular complexity index is 413. The molecule has 2 heteroatoms. The van der Waals surface area contributed by atoms with Crippen LogP contribution in [0.2, 0.25) is 0 Å². The van der Waals surface area contributed by atoms with E-state index in [1.807, 2.05) is 0 Å². The van der Waals surface area contributed by atoms with E-state index in [2.05, 4.69) is 51.2 Å². The van der Waals surface area contributed by atoms with E-state index in [0.717, 1.165) is 19.8 Å². The van der Waals surface area contributed by atoms with Crippen molar-refractivity contribution in [2.24, 2.45) is 5.41 Å². The van der Waals surface area contributed by atoms with Crippen LogP contribution in [0.25, 0.3) is 0 Å². The zero-order valence-corrected chi connectivity index (χ0v) is 13.5. The molecule has 0 spiro atoms. The molecule has 0 amide bonds. The lowest BCUT2D eigenvalue weighted by Gasteiger charge is -2.39. The molecule has 0 atom stereocenters. The van der Waals surface area contributed by atoms with Gasteiger partial charge in [-0.25, -0.2) is 0 Å². The second-order valence-electron chi connectivity index (χ2n) is 6.70. The highest BCUT2D eigenvalue weighted by Gasteiger charge is 2.33. The van der Waals surface area contributed by atoms with Gasteiger partial charge in [0, 0.05) is 25.8 Å². The van der Waals surface area contributed by atoms with Crippen molar-refractivity contribution in [1.29, 1.82) is 0 Å². The molecule has 1 N–H and O–H groups in total. The second kappa shape index (κ2) is 6.73. The SMILES string of the molecule is Cc1cccc(C)c1CC1(CNC(C)C)CCOCC1. The maximum Gasteiger partial charge on any atom is 0.0471 e. The molecule has 20 heavy (non-hydrogen) atoms. The first-order chi connectivity index (χ1) is 9.52. The minimum Gasteiger partial charge on any atom is -0.381 e. The molecule has 1 saturated heterocycles. The van der Waals surface area contributed by atoms with Crippen LogP contribution in [-0.4, -0.2) is 25.8 Å². The van der Waals surface area contributed by atoms with E-state index in [4.69, 9.17) is 4.74 Å². The summed E-state index contributed by atoms with van der Waals surface area (Å²) in [4.78, 5) is 0. The molecule has 0 unspecified atom stereocenters. The van der Waals surface area contributed by atoms with Crippen molar-refractivity contribution in [1.82, 2.24) is 5.32 Å². The van der Waals surface area contributed by atoms with Gasteiger partial charge < -0.3 is 10.1 Å². The fraction of sp³-hybridized carbons (Fsp3) is 0.667. The summed E-state index contributed by atoms with van der Waals surface area (Å²) < 4.78 is 5.60. The van der Waals surface area contributed by atoms with Crippen molar-refractivity contribution >= 4 is 0 Å². The Labute approximate surface area is 123 Å². The van der Waals surface area contributed by atoms with Gasteiger partial charge in [0.2, 0.25) is 0 Å². The number of aryl methyl sites for hydroxylation is 2. The van der Waals surface area contributed by atoms with Crippen LogP contribution in [0.5, 0.6) is 0 Å². The van der Waals surface area contributed by atoms with Crippen molar-refractivity contribution in [2.75, 3.05) is 19.8 Å². The van der Waals surface area contributed by atoms with Gasteiger partial charge in [0.1, 0.15) is 0 Å². The van der Waals surface area contributed by atoms with Crippen molar-refractivity contribution in [3.05, 3.63) is 34.9 Å². The molecule has 1 fully saturated rings. The lowest BCUT2D eigenvalue weighted by Crippen LogP contribution is -2.43. The van der Waals surface area contributed by atoms with Crippen LogP contribution in [0.3, 0.4) is 0 Å². The first kappa shape index (κ1) is 15.5. The smallest absolute Gasteiger partial charge is 0.0471 e. The molecule has 0 saturated carbocycles. The highest BCUT2D eigenvalue weighted by atomic mass is 16.5. The zero-order chi connectivity index (χ0) is 14.6. The Kier molecular flexibility index (Phi) is 5.22. The summed E-state index contributed by atoms with van der Waals surface area (Å²) >= 11 is 0. The van der Waals surface area contributed by atoms with E-state index in [9.17, 15) is 0 Å². The summed E-state index contributed by atoms with van der Waals surface area (Å²) in [6.07, 6.45) is 3.51. The Hall–Kier alpha value is -0.860. The third-order valence-corrected chi connectivity index (χ3v) is 4.64. The number of hydrogen-bond acceptors (Lipinski definition) is 2. The fourth-order valence-corrected chi connectivity index (χ4v) is 3.14. The number of benzene rings is 1. The molecule has 0 aromatic heterocycles. The fourth-order valence-electron chi connectivity index (χ4n) is 3.14. The zero-order valence-electron chi connectivity index (χ0n) is 13.5. The van der Waals surface area contributed by atoms with Gasteiger partial charge in [-0.05, 0) is 55.2 Å². The van der Waals surface area contributed by atoms with E-state index in [-0.39, 0.29) is 0 Å². The topological polar surface area (TPSA) is 21.3 Å². The molecule has 0 aliphatic carbocycles. The predicted molar refractivity (Wildman–Crippen MR) is 85.2 cm³/mol. The summed E-state index contributed by atoms with van der Waals surface area (Å²) in [5.74, 6) is 0. The number of hydrogen-bond donors (Lipinski definition) is 1. The average Bonchev–Trinajstić information content (AvgIpc) is 2.42. The van der Waals surface area contributed by atoms with E-state index in [1.54, 1.807) is 5.56 Å². The quantitative estimate of drug-likeness (QED) is 0.886. The molecule has 112 valence electrons. The van der Waals surface area contributed by atoms with Crippen LogP contribution in [0.4, 0.5) is 0 Å². The minimum absolute atomic E-state index is 0.361. The van der Waals surface area contributed by atoms with Crippen LogP contribution >= 0.6 is 0 Å². The van der Waals surface area contributed by atoms with Crippen molar-refractivity contribution in [3.8, 4) is 0 Å². The molecule has 0 radical (unpaired) electrons. The third-order valence-electron chi connectivity index (χ3n) is 4.64. The molecule has 1 heterocycles. The van der Waals surface area contributed by atoms with Gasteiger partial charge in [0.25, 0.3) is 0 Å². The second-order valence-corrected chi connectivity index (χ2v) is 6.70. The van der Waals surface area contributed by atoms with Crippen LogP contribution in [0.1, 0.15) is 43.4 Å². The standard InChI is InChI=1S/C18H29NO/c1-14(2)19-13-18(8-10-20-11-9-18)12-17-15(3)6-5-7-16(17)4/h5-7,14,19H,8-13H2,1-4H3. The van der Waals surface area contributed by atoms with E-state index in [0.29, 0.717) is 11.5 Å². The maximum absolute atomic E-state index is 5.60. The third kappa shape index (κ3) is 3.83. The van der Waals surface area contributed by atoms with Crippen LogP contribution in [0.15, 0.2) is 18.2 Å². The van der Waals surface area contributed by atoms with E-state index >= 15 is 0 Å². The van der Waals surface area contributed by atoms with E-state index < -0.39 is 0 Å². The van der Waals surface area contributed by atoms with Crippen LogP contribution < -0.4 is 5.32 Å². The lowest BCUT2D eigenvalue weighted by atomic mass is 9.73. The van der Waals surface area contributed by atoms with Crippen LogP contribution in [0, 0.1) is 19.3 Å². The summed E-state index contributed by atoms with van der Waals surface area (Å²) in [7, 11) is 0.